The van der Waals surface area contributed by atoms with E-state index in [2.05, 4.69) is 45.2 Å². The number of nitrogen functional groups attached to an aromatic ring is 1. The molecule has 2 fully saturated rings. The average molecular weight is 720 g/mol. The predicted molar refractivity (Wildman–Crippen MR) is 193 cm³/mol. The highest BCUT2D eigenvalue weighted by molar-refractivity contribution is 8.32. The van der Waals surface area contributed by atoms with Gasteiger partial charge in [-0.1, -0.05) is 0 Å². The van der Waals surface area contributed by atoms with Gasteiger partial charge in [0, 0.05) is 37.5 Å². The first-order chi connectivity index (χ1) is 23.4. The van der Waals surface area contributed by atoms with Crippen molar-refractivity contribution in [2.75, 3.05) is 57.0 Å². The van der Waals surface area contributed by atoms with Gasteiger partial charge in [0.15, 0.2) is 5.79 Å². The number of fused-ring (bicyclic) bond motifs is 2. The Kier molecular flexibility index (Phi) is 10.5. The fourth-order valence-corrected chi connectivity index (χ4v) is 8.38. The van der Waals surface area contributed by atoms with Crippen molar-refractivity contribution in [3.8, 4) is 0 Å². The molecule has 0 bridgehead atoms. The number of hydrogen-bond acceptors (Lipinski definition) is 8. The number of aliphatic hydroxyl groups is 1. The van der Waals surface area contributed by atoms with Gasteiger partial charge in [-0.25, -0.2) is 25.0 Å². The second kappa shape index (κ2) is 14.3. The number of halogens is 3. The van der Waals surface area contributed by atoms with E-state index in [0.29, 0.717) is 41.7 Å². The zero-order valence-corrected chi connectivity index (χ0v) is 30.8. The molecule has 0 saturated heterocycles. The van der Waals surface area contributed by atoms with Crippen LogP contribution in [0.25, 0.3) is 22.1 Å². The lowest BCUT2D eigenvalue weighted by Gasteiger charge is -2.38. The summed E-state index contributed by atoms with van der Waals surface area (Å²) < 4.78 is 56.8. The molecular weight excluding hydrogens is 668 g/mol. The van der Waals surface area contributed by atoms with Gasteiger partial charge in [0.25, 0.3) is 0 Å². The van der Waals surface area contributed by atoms with E-state index < -0.39 is 27.6 Å². The number of hydrogen-bond donors (Lipinski definition) is 2. The zero-order valence-electron chi connectivity index (χ0n) is 30.0. The van der Waals surface area contributed by atoms with E-state index in [1.807, 2.05) is 16.8 Å². The van der Waals surface area contributed by atoms with Crippen molar-refractivity contribution >= 4 is 37.9 Å². The van der Waals surface area contributed by atoms with Gasteiger partial charge in [-0.3, -0.25) is 0 Å². The number of imidazole rings is 1. The molecule has 3 aromatic heterocycles. The molecule has 4 aromatic rings. The van der Waals surface area contributed by atoms with Crippen LogP contribution >= 0.6 is 10.0 Å². The number of nitrogens with two attached hydrogens (primary N) is 1. The molecule has 6 rings (SSSR count). The third kappa shape index (κ3) is 8.75. The molecule has 50 heavy (non-hydrogen) atoms. The molecule has 10 nitrogen and oxygen atoms in total. The van der Waals surface area contributed by atoms with Gasteiger partial charge in [-0.15, -0.1) is 0 Å². The summed E-state index contributed by atoms with van der Waals surface area (Å²) in [5.74, 6) is 2.10. The second-order valence-electron chi connectivity index (χ2n) is 15.8. The summed E-state index contributed by atoms with van der Waals surface area (Å²) in [5.41, 5.74) is 7.25. The van der Waals surface area contributed by atoms with Gasteiger partial charge in [0.1, 0.15) is 30.3 Å². The number of ether oxygens (including phenoxy) is 2. The van der Waals surface area contributed by atoms with Crippen molar-refractivity contribution < 1.29 is 27.8 Å². The van der Waals surface area contributed by atoms with Crippen molar-refractivity contribution in [3.63, 3.8) is 0 Å². The van der Waals surface area contributed by atoms with Crippen LogP contribution < -0.4 is 5.73 Å². The minimum Gasteiger partial charge on any atom is -0.383 e. The minimum absolute atomic E-state index is 0.119. The molecule has 0 unspecified atom stereocenters. The number of nitrogens with zero attached hydrogens (tertiary/aromatic N) is 6. The van der Waals surface area contributed by atoms with Gasteiger partial charge < -0.3 is 34.3 Å². The monoisotopic (exact) mass is 719 g/mol. The summed E-state index contributed by atoms with van der Waals surface area (Å²) in [6.45, 7) is 6.01. The summed E-state index contributed by atoms with van der Waals surface area (Å²) >= 11 is 0. The quantitative estimate of drug-likeness (QED) is 0.115. The molecule has 0 radical (unpaired) electrons. The Morgan fingerprint density at radius 3 is 2.50 bits per heavy atom. The molecule has 2 saturated carbocycles. The number of anilines is 1. The standard InChI is InChI=1S/C36H52F3N7O3S/c1-35(2,47)49-31-18-27(45-10-9-28-33(40)41-21-42-34(28)45)16-25(31)20-44(3)19-24-13-23(14-24)15-32-43-29-17-26(36(37,38)39)7-8-30(29)46(32)22-48-11-12-50(4,5)6/h7-10,17,21,23-25,27,31,47H,11-16,18-20,22H2,1-6H3,(H2,40,41,42)/t23?,24?,25-,27-,31+/m1/s1. The van der Waals surface area contributed by atoms with Crippen molar-refractivity contribution in [2.45, 2.75) is 76.8 Å². The smallest absolute Gasteiger partial charge is 0.383 e. The van der Waals surface area contributed by atoms with Gasteiger partial charge in [0.2, 0.25) is 0 Å². The van der Waals surface area contributed by atoms with Crippen LogP contribution in [0.15, 0.2) is 36.8 Å². The first-order valence-electron chi connectivity index (χ1n) is 17.4. The van der Waals surface area contributed by atoms with Crippen molar-refractivity contribution in [1.29, 1.82) is 0 Å². The molecular formula is C36H52F3N7O3S. The van der Waals surface area contributed by atoms with Crippen molar-refractivity contribution in [1.82, 2.24) is 29.0 Å². The molecule has 3 heterocycles. The van der Waals surface area contributed by atoms with Crippen LogP contribution in [0, 0.1) is 17.8 Å². The van der Waals surface area contributed by atoms with E-state index in [1.165, 1.54) is 12.4 Å². The Labute approximate surface area is 293 Å². The highest BCUT2D eigenvalue weighted by Gasteiger charge is 2.40. The van der Waals surface area contributed by atoms with Crippen LogP contribution in [0.2, 0.25) is 0 Å². The van der Waals surface area contributed by atoms with E-state index in [4.69, 9.17) is 20.2 Å². The predicted octanol–water partition coefficient (Wildman–Crippen LogP) is 6.32. The van der Waals surface area contributed by atoms with Crippen LogP contribution in [-0.4, -0.2) is 97.2 Å². The number of rotatable bonds is 14. The van der Waals surface area contributed by atoms with E-state index in [-0.39, 0.29) is 24.8 Å². The first-order valence-corrected chi connectivity index (χ1v) is 20.4. The van der Waals surface area contributed by atoms with E-state index in [1.54, 1.807) is 13.8 Å². The Morgan fingerprint density at radius 1 is 1.04 bits per heavy atom. The Bertz CT molecular complexity index is 1770. The van der Waals surface area contributed by atoms with Gasteiger partial charge >= 0.3 is 6.18 Å². The maximum absolute atomic E-state index is 13.5. The summed E-state index contributed by atoms with van der Waals surface area (Å²) in [6, 6.07) is 5.92. The van der Waals surface area contributed by atoms with E-state index in [9.17, 15) is 18.3 Å². The van der Waals surface area contributed by atoms with E-state index in [0.717, 1.165) is 73.5 Å². The third-order valence-electron chi connectivity index (χ3n) is 10.1. The van der Waals surface area contributed by atoms with Crippen molar-refractivity contribution in [2.24, 2.45) is 17.8 Å². The Morgan fingerprint density at radius 2 is 1.80 bits per heavy atom. The fraction of sp³-hybridized carbons (Fsp3) is 0.639. The fourth-order valence-electron chi connectivity index (χ4n) is 7.76. The minimum atomic E-state index is -4.42. The Hall–Kier alpha value is -2.91. The van der Waals surface area contributed by atoms with Crippen LogP contribution in [-0.2, 0) is 28.8 Å². The number of aromatic nitrogens is 5. The molecule has 0 amide bonds. The average Bonchev–Trinajstić information content (AvgIpc) is 3.68. The lowest BCUT2D eigenvalue weighted by atomic mass is 9.73. The zero-order chi connectivity index (χ0) is 36.0. The maximum Gasteiger partial charge on any atom is 0.416 e. The molecule has 3 atom stereocenters. The third-order valence-corrected chi connectivity index (χ3v) is 11.5. The summed E-state index contributed by atoms with van der Waals surface area (Å²) in [4.78, 5) is 15.7. The van der Waals surface area contributed by atoms with E-state index >= 15 is 0 Å². The second-order valence-corrected chi connectivity index (χ2v) is 20.4. The molecule has 0 spiro atoms. The summed E-state index contributed by atoms with van der Waals surface area (Å²) in [5, 5.41) is 11.4. The molecule has 14 heteroatoms. The lowest BCUT2D eigenvalue weighted by Crippen LogP contribution is -2.40. The maximum atomic E-state index is 13.5. The summed E-state index contributed by atoms with van der Waals surface area (Å²) in [7, 11) is 1.43. The number of alkyl halides is 3. The molecule has 3 N–H and O–H groups in total. The SMILES string of the molecule is CN(CC1CC(Cc2nc3cc(C(F)(F)F)ccc3n2COCCS(C)(C)C)C1)C[C@H]1C[C@@H](n2ccc3c(N)ncnc32)C[C@@H]1OC(C)(C)O. The molecule has 0 aliphatic heterocycles. The molecule has 276 valence electrons. The van der Waals surface area contributed by atoms with Crippen molar-refractivity contribution in [3.05, 3.63) is 48.2 Å². The van der Waals surface area contributed by atoms with Gasteiger partial charge in [0.05, 0.1) is 34.7 Å². The molecule has 2 aliphatic rings. The Balaban J connectivity index is 1.07. The van der Waals surface area contributed by atoms with Crippen LogP contribution in [0.4, 0.5) is 19.0 Å². The van der Waals surface area contributed by atoms with Crippen LogP contribution in [0.1, 0.15) is 57.0 Å². The summed E-state index contributed by atoms with van der Waals surface area (Å²) in [6.07, 6.45) is 10.1. The van der Waals surface area contributed by atoms with Gasteiger partial charge in [-0.2, -0.15) is 13.2 Å². The normalized spacial score (nSPS) is 23.7. The topological polar surface area (TPSA) is 116 Å². The lowest BCUT2D eigenvalue weighted by molar-refractivity contribution is -0.213. The molecule has 1 aromatic carbocycles. The van der Waals surface area contributed by atoms with Crippen LogP contribution in [0.3, 0.4) is 0 Å². The van der Waals surface area contributed by atoms with Gasteiger partial charge in [-0.05, 0) is 107 Å². The highest BCUT2D eigenvalue weighted by Crippen LogP contribution is 2.42. The largest absolute Gasteiger partial charge is 0.416 e. The molecule has 2 aliphatic carbocycles. The first kappa shape index (κ1) is 36.9. The highest BCUT2D eigenvalue weighted by atomic mass is 32.3. The number of benzene rings is 1. The van der Waals surface area contributed by atoms with Crippen LogP contribution in [0.5, 0.6) is 0 Å².